The molecule has 0 saturated carbocycles. The standard InChI is InChI=1S/2C19H13O.2ClH.Zr/c2*1-2-6-14(7-3-1)16-12-15-8-4-9-17(18(15)13-16)19-10-5-11-20-19;;;/h2*1-13H;2*1H;/q2*-1;;;+4/p-2. The molecular weight excluding hydrogens is 651 g/mol. The molecule has 0 spiro atoms. The SMILES string of the molecule is [Cl-].[Cl-].[Zr+4].c1ccc(-c2cc3c(-c4ccco4)cccc3[cH-]2)cc1.c1ccc(-c2cc3c(-c4ccco4)cccc3[cH-]2)cc1. The average molecular weight is 677 g/mol. The van der Waals surface area contributed by atoms with E-state index in [-0.39, 0.29) is 51.0 Å². The van der Waals surface area contributed by atoms with E-state index in [0.29, 0.717) is 0 Å². The van der Waals surface area contributed by atoms with Gasteiger partial charge in [-0.3, -0.25) is 0 Å². The van der Waals surface area contributed by atoms with Crippen molar-refractivity contribution in [3.05, 3.63) is 158 Å². The normalized spacial score (nSPS) is 10.2. The zero-order chi connectivity index (χ0) is 26.7. The Hall–Kier alpha value is -3.88. The third-order valence-corrected chi connectivity index (χ3v) is 7.29. The molecule has 0 amide bonds. The Kier molecular flexibility index (Phi) is 10.8. The van der Waals surface area contributed by atoms with E-state index in [0.717, 1.165) is 22.6 Å². The van der Waals surface area contributed by atoms with Crippen molar-refractivity contribution in [3.63, 3.8) is 0 Å². The number of rotatable bonds is 4. The Morgan fingerprint density at radius 3 is 1.21 bits per heavy atom. The molecule has 8 rings (SSSR count). The number of furan rings is 2. The molecule has 208 valence electrons. The zero-order valence-electron chi connectivity index (χ0n) is 23.1. The molecular formula is C38H26Cl2O2Zr. The number of benzene rings is 4. The van der Waals surface area contributed by atoms with E-state index in [4.69, 9.17) is 8.83 Å². The van der Waals surface area contributed by atoms with Gasteiger partial charge < -0.3 is 33.6 Å². The van der Waals surface area contributed by atoms with Crippen molar-refractivity contribution in [2.75, 3.05) is 0 Å². The zero-order valence-corrected chi connectivity index (χ0v) is 27.1. The molecule has 0 fully saturated rings. The first kappa shape index (κ1) is 32.0. The van der Waals surface area contributed by atoms with Crippen molar-refractivity contribution in [1.82, 2.24) is 0 Å². The van der Waals surface area contributed by atoms with Crippen molar-refractivity contribution >= 4 is 21.5 Å². The molecule has 0 aliphatic heterocycles. The summed E-state index contributed by atoms with van der Waals surface area (Å²) in [6.45, 7) is 0. The smallest absolute Gasteiger partial charge is 1.00 e. The first-order chi connectivity index (χ1) is 19.8. The van der Waals surface area contributed by atoms with Gasteiger partial charge in [0, 0.05) is 0 Å². The first-order valence-corrected chi connectivity index (χ1v) is 13.4. The van der Waals surface area contributed by atoms with E-state index >= 15 is 0 Å². The quantitative estimate of drug-likeness (QED) is 0.246. The van der Waals surface area contributed by atoms with Crippen LogP contribution in [-0.2, 0) is 26.2 Å². The van der Waals surface area contributed by atoms with Gasteiger partial charge in [0.15, 0.2) is 0 Å². The first-order valence-electron chi connectivity index (χ1n) is 13.4. The summed E-state index contributed by atoms with van der Waals surface area (Å²) < 4.78 is 11.1. The van der Waals surface area contributed by atoms with Crippen LogP contribution in [0.5, 0.6) is 0 Å². The minimum absolute atomic E-state index is 0. The van der Waals surface area contributed by atoms with E-state index in [1.165, 1.54) is 43.8 Å². The maximum atomic E-state index is 5.54. The molecule has 0 radical (unpaired) electrons. The minimum Gasteiger partial charge on any atom is -1.00 e. The van der Waals surface area contributed by atoms with Crippen molar-refractivity contribution in [3.8, 4) is 44.9 Å². The predicted molar refractivity (Wildman–Crippen MR) is 165 cm³/mol. The fourth-order valence-corrected chi connectivity index (χ4v) is 5.36. The molecule has 0 atom stereocenters. The van der Waals surface area contributed by atoms with Crippen molar-refractivity contribution in [1.29, 1.82) is 0 Å². The summed E-state index contributed by atoms with van der Waals surface area (Å²) in [6, 6.07) is 50.4. The summed E-state index contributed by atoms with van der Waals surface area (Å²) in [5, 5.41) is 4.97. The summed E-state index contributed by atoms with van der Waals surface area (Å²) in [6.07, 6.45) is 3.43. The molecule has 0 bridgehead atoms. The van der Waals surface area contributed by atoms with Crippen LogP contribution < -0.4 is 24.8 Å². The fourth-order valence-electron chi connectivity index (χ4n) is 5.36. The van der Waals surface area contributed by atoms with Crippen LogP contribution in [0.25, 0.3) is 66.4 Å². The van der Waals surface area contributed by atoms with E-state index in [1.807, 2.05) is 36.4 Å². The molecule has 0 saturated heterocycles. The van der Waals surface area contributed by atoms with Gasteiger partial charge in [-0.25, -0.2) is 0 Å². The molecule has 0 aliphatic carbocycles. The van der Waals surface area contributed by atoms with Crippen LogP contribution in [0.1, 0.15) is 0 Å². The Labute approximate surface area is 282 Å². The van der Waals surface area contributed by atoms with Gasteiger partial charge in [-0.15, -0.1) is 69.1 Å². The van der Waals surface area contributed by atoms with Gasteiger partial charge >= 0.3 is 26.2 Å². The summed E-state index contributed by atoms with van der Waals surface area (Å²) in [5.41, 5.74) is 7.28. The molecule has 0 unspecified atom stereocenters. The molecule has 0 aliphatic rings. The van der Waals surface area contributed by atoms with Gasteiger partial charge in [-0.1, -0.05) is 96.1 Å². The number of fused-ring (bicyclic) bond motifs is 2. The largest absolute Gasteiger partial charge is 4.00 e. The van der Waals surface area contributed by atoms with E-state index < -0.39 is 0 Å². The Bertz CT molecular complexity index is 1840. The predicted octanol–water partition coefficient (Wildman–Crippen LogP) is 4.98. The maximum absolute atomic E-state index is 5.54. The van der Waals surface area contributed by atoms with Crippen LogP contribution in [0.3, 0.4) is 0 Å². The van der Waals surface area contributed by atoms with Crippen LogP contribution in [0.15, 0.2) is 167 Å². The number of hydrogen-bond acceptors (Lipinski definition) is 2. The number of hydrogen-bond donors (Lipinski definition) is 0. The van der Waals surface area contributed by atoms with Crippen molar-refractivity contribution < 1.29 is 59.9 Å². The molecule has 8 aromatic rings. The fraction of sp³-hybridized carbons (Fsp3) is 0. The molecule has 2 aromatic heterocycles. The van der Waals surface area contributed by atoms with Crippen LogP contribution in [-0.4, -0.2) is 0 Å². The second-order valence-electron chi connectivity index (χ2n) is 9.79. The second kappa shape index (κ2) is 14.5. The van der Waals surface area contributed by atoms with Crippen LogP contribution in [0, 0.1) is 0 Å². The van der Waals surface area contributed by atoms with Gasteiger partial charge in [0.1, 0.15) is 11.5 Å². The monoisotopic (exact) mass is 674 g/mol. The third-order valence-electron chi connectivity index (χ3n) is 7.29. The van der Waals surface area contributed by atoms with Crippen LogP contribution >= 0.6 is 0 Å². The minimum atomic E-state index is 0. The Morgan fingerprint density at radius 2 is 0.837 bits per heavy atom. The van der Waals surface area contributed by atoms with E-state index in [1.54, 1.807) is 12.5 Å². The molecule has 2 heterocycles. The molecule has 43 heavy (non-hydrogen) atoms. The van der Waals surface area contributed by atoms with Gasteiger partial charge in [0.2, 0.25) is 0 Å². The van der Waals surface area contributed by atoms with E-state index in [9.17, 15) is 0 Å². The summed E-state index contributed by atoms with van der Waals surface area (Å²) in [4.78, 5) is 0. The topological polar surface area (TPSA) is 26.3 Å². The molecule has 6 aromatic carbocycles. The second-order valence-corrected chi connectivity index (χ2v) is 9.79. The number of halogens is 2. The van der Waals surface area contributed by atoms with Crippen LogP contribution in [0.2, 0.25) is 0 Å². The Balaban J connectivity index is 0.000000184. The Morgan fingerprint density at radius 1 is 0.419 bits per heavy atom. The van der Waals surface area contributed by atoms with Gasteiger partial charge in [-0.2, -0.15) is 0 Å². The molecule has 2 nitrogen and oxygen atoms in total. The van der Waals surface area contributed by atoms with Crippen LogP contribution in [0.4, 0.5) is 0 Å². The molecule has 0 N–H and O–H groups in total. The van der Waals surface area contributed by atoms with E-state index in [2.05, 4.69) is 109 Å². The summed E-state index contributed by atoms with van der Waals surface area (Å²) >= 11 is 0. The molecule has 5 heteroatoms. The third kappa shape index (κ3) is 6.71. The maximum Gasteiger partial charge on any atom is 4.00 e. The average Bonchev–Trinajstić information content (AvgIpc) is 3.84. The van der Waals surface area contributed by atoms with Gasteiger partial charge in [0.25, 0.3) is 0 Å². The van der Waals surface area contributed by atoms with Crippen molar-refractivity contribution in [2.24, 2.45) is 0 Å². The van der Waals surface area contributed by atoms with Gasteiger partial charge in [0.05, 0.1) is 12.5 Å². The summed E-state index contributed by atoms with van der Waals surface area (Å²) in [7, 11) is 0. The van der Waals surface area contributed by atoms with Gasteiger partial charge in [-0.05, 0) is 35.4 Å². The summed E-state index contributed by atoms with van der Waals surface area (Å²) in [5.74, 6) is 1.83. The van der Waals surface area contributed by atoms with Crippen molar-refractivity contribution in [2.45, 2.75) is 0 Å².